The number of oxime groups is 1. The molecule has 1 aliphatic rings. The molecule has 1 aliphatic heterocycles. The van der Waals surface area contributed by atoms with Crippen LogP contribution in [0.3, 0.4) is 0 Å². The standard InChI is InChI=1S/C15H18N8O8S2/c1-15(2,13(26)27)31-21-9(7-6-32-14(16)19-7)11(24)20-10-8(5-22-17-3-4-18-22)23(12(10)25)33(28,29)30/h3-4,6,8,10H,5H2,1-2H3,(H2,16,19)(H,20,24)(H,26,27)(H,28,29,30)/t8-,10+/m1/s1. The molecular weight excluding hydrogens is 484 g/mol. The highest BCUT2D eigenvalue weighted by molar-refractivity contribution is 7.84. The average molecular weight is 502 g/mol. The van der Waals surface area contributed by atoms with E-state index in [0.717, 1.165) is 16.1 Å². The number of carboxylic acid groups (broad SMARTS) is 1. The average Bonchev–Trinajstić information content (AvgIpc) is 3.36. The van der Waals surface area contributed by atoms with Crippen molar-refractivity contribution in [1.82, 2.24) is 29.6 Å². The van der Waals surface area contributed by atoms with Crippen LogP contribution < -0.4 is 11.1 Å². The lowest BCUT2D eigenvalue weighted by Gasteiger charge is -2.43. The Morgan fingerprint density at radius 3 is 2.52 bits per heavy atom. The zero-order valence-electron chi connectivity index (χ0n) is 17.0. The predicted molar refractivity (Wildman–Crippen MR) is 110 cm³/mol. The molecule has 33 heavy (non-hydrogen) atoms. The molecule has 18 heteroatoms. The summed E-state index contributed by atoms with van der Waals surface area (Å²) in [6.07, 6.45) is 2.62. The van der Waals surface area contributed by atoms with Crippen molar-refractivity contribution in [2.75, 3.05) is 5.73 Å². The molecule has 3 rings (SSSR count). The summed E-state index contributed by atoms with van der Waals surface area (Å²) in [4.78, 5) is 46.5. The first-order valence-electron chi connectivity index (χ1n) is 8.98. The Morgan fingerprint density at radius 2 is 2.00 bits per heavy atom. The lowest BCUT2D eigenvalue weighted by atomic mass is 9.98. The molecule has 3 heterocycles. The van der Waals surface area contributed by atoms with Gasteiger partial charge in [-0.2, -0.15) is 23.4 Å². The van der Waals surface area contributed by atoms with Crippen LogP contribution in [0.2, 0.25) is 0 Å². The van der Waals surface area contributed by atoms with Crippen LogP contribution >= 0.6 is 11.3 Å². The van der Waals surface area contributed by atoms with E-state index >= 15 is 0 Å². The highest BCUT2D eigenvalue weighted by Gasteiger charge is 2.54. The number of carbonyl (C=O) groups is 3. The van der Waals surface area contributed by atoms with Crippen molar-refractivity contribution in [3.8, 4) is 0 Å². The third-order valence-electron chi connectivity index (χ3n) is 4.38. The van der Waals surface area contributed by atoms with Gasteiger partial charge in [-0.3, -0.25) is 14.1 Å². The number of β-lactam (4-membered cyclic amide) rings is 1. The Bertz CT molecular complexity index is 1210. The number of nitrogens with one attached hydrogen (secondary N) is 1. The lowest BCUT2D eigenvalue weighted by Crippen LogP contribution is -2.73. The number of hydrogen-bond donors (Lipinski definition) is 4. The molecule has 1 fully saturated rings. The molecule has 2 atom stereocenters. The lowest BCUT2D eigenvalue weighted by molar-refractivity contribution is -0.161. The minimum Gasteiger partial charge on any atom is -0.478 e. The number of nitrogen functional groups attached to an aromatic ring is 1. The van der Waals surface area contributed by atoms with Gasteiger partial charge in [0, 0.05) is 5.38 Å². The number of aromatic nitrogens is 4. The van der Waals surface area contributed by atoms with Gasteiger partial charge >= 0.3 is 16.3 Å². The van der Waals surface area contributed by atoms with E-state index in [1.165, 1.54) is 31.6 Å². The first-order valence-corrected chi connectivity index (χ1v) is 11.3. The van der Waals surface area contributed by atoms with Crippen LogP contribution in [0, 0.1) is 0 Å². The second kappa shape index (κ2) is 8.71. The van der Waals surface area contributed by atoms with E-state index in [1.54, 1.807) is 0 Å². The summed E-state index contributed by atoms with van der Waals surface area (Å²) in [5.74, 6) is -3.52. The molecule has 0 unspecified atom stereocenters. The second-order valence-electron chi connectivity index (χ2n) is 7.13. The van der Waals surface area contributed by atoms with Crippen LogP contribution in [-0.4, -0.2) is 83.5 Å². The van der Waals surface area contributed by atoms with Crippen LogP contribution in [-0.2, 0) is 36.1 Å². The van der Waals surface area contributed by atoms with Crippen LogP contribution in [0.1, 0.15) is 19.5 Å². The number of amides is 2. The van der Waals surface area contributed by atoms with Gasteiger partial charge in [0.05, 0.1) is 18.9 Å². The largest absolute Gasteiger partial charge is 0.478 e. The SMILES string of the molecule is CC(C)(ON=C(C(=O)N[C@@H]1C(=O)N(S(=O)(=O)O)[C@@H]1Cn1nccn1)c1csc(N)n1)C(=O)O. The molecule has 0 spiro atoms. The number of rotatable bonds is 9. The summed E-state index contributed by atoms with van der Waals surface area (Å²) in [7, 11) is -4.93. The van der Waals surface area contributed by atoms with Crippen molar-refractivity contribution < 1.29 is 37.3 Å². The number of aliphatic carboxylic acids is 1. The third-order valence-corrected chi connectivity index (χ3v) is 6.00. The first-order chi connectivity index (χ1) is 15.3. The number of thiazole rings is 1. The molecule has 2 aromatic rings. The molecule has 0 bridgehead atoms. The Hall–Kier alpha value is -3.64. The quantitative estimate of drug-likeness (QED) is 0.127. The molecule has 2 amide bonds. The van der Waals surface area contributed by atoms with Gasteiger partial charge in [0.2, 0.25) is 5.60 Å². The van der Waals surface area contributed by atoms with Gasteiger partial charge in [0.25, 0.3) is 11.8 Å². The molecule has 0 radical (unpaired) electrons. The van der Waals surface area contributed by atoms with Crippen molar-refractivity contribution in [3.63, 3.8) is 0 Å². The fourth-order valence-corrected chi connectivity index (χ4v) is 4.07. The van der Waals surface area contributed by atoms with E-state index in [4.69, 9.17) is 10.6 Å². The normalized spacial score (nSPS) is 19.2. The molecule has 5 N–H and O–H groups in total. The van der Waals surface area contributed by atoms with Crippen LogP contribution in [0.5, 0.6) is 0 Å². The summed E-state index contributed by atoms with van der Waals surface area (Å²) < 4.78 is 32.8. The predicted octanol–water partition coefficient (Wildman–Crippen LogP) is -1.90. The zero-order chi connectivity index (χ0) is 24.6. The molecular formula is C15H18N8O8S2. The minimum atomic E-state index is -4.93. The topological polar surface area (TPSA) is 232 Å². The van der Waals surface area contributed by atoms with Gasteiger partial charge in [-0.25, -0.2) is 14.1 Å². The highest BCUT2D eigenvalue weighted by Crippen LogP contribution is 2.25. The van der Waals surface area contributed by atoms with Crippen molar-refractivity contribution in [1.29, 1.82) is 0 Å². The monoisotopic (exact) mass is 502 g/mol. The minimum absolute atomic E-state index is 0.0695. The Labute approximate surface area is 189 Å². The molecule has 178 valence electrons. The number of anilines is 1. The van der Waals surface area contributed by atoms with E-state index in [-0.39, 0.29) is 21.7 Å². The Morgan fingerprint density at radius 1 is 1.36 bits per heavy atom. The van der Waals surface area contributed by atoms with Crippen molar-refractivity contribution in [3.05, 3.63) is 23.5 Å². The molecule has 0 aromatic carbocycles. The Balaban J connectivity index is 1.88. The molecule has 2 aromatic heterocycles. The van der Waals surface area contributed by atoms with Crippen LogP contribution in [0.15, 0.2) is 22.9 Å². The second-order valence-corrected chi connectivity index (χ2v) is 9.31. The molecule has 16 nitrogen and oxygen atoms in total. The number of carboxylic acids is 1. The summed E-state index contributed by atoms with van der Waals surface area (Å²) >= 11 is 0.963. The summed E-state index contributed by atoms with van der Waals surface area (Å²) in [6.45, 7) is 2.11. The number of hydrogen-bond acceptors (Lipinski definition) is 12. The number of nitrogens with zero attached hydrogens (tertiary/aromatic N) is 6. The van der Waals surface area contributed by atoms with Crippen LogP contribution in [0.4, 0.5) is 5.13 Å². The summed E-state index contributed by atoms with van der Waals surface area (Å²) in [5, 5.41) is 24.1. The van der Waals surface area contributed by atoms with Gasteiger partial charge in [-0.1, -0.05) is 5.16 Å². The van der Waals surface area contributed by atoms with Gasteiger partial charge in [-0.05, 0) is 13.8 Å². The van der Waals surface area contributed by atoms with Gasteiger partial charge in [0.15, 0.2) is 10.8 Å². The maximum absolute atomic E-state index is 12.9. The number of carbonyl (C=O) groups excluding carboxylic acids is 2. The van der Waals surface area contributed by atoms with Crippen LogP contribution in [0.25, 0.3) is 0 Å². The van der Waals surface area contributed by atoms with Crippen molar-refractivity contribution in [2.24, 2.45) is 5.16 Å². The van der Waals surface area contributed by atoms with Crippen molar-refractivity contribution in [2.45, 2.75) is 38.1 Å². The van der Waals surface area contributed by atoms with Crippen molar-refractivity contribution >= 4 is 50.3 Å². The molecule has 0 aliphatic carbocycles. The Kier molecular flexibility index (Phi) is 6.34. The zero-order valence-corrected chi connectivity index (χ0v) is 18.6. The smallest absolute Gasteiger partial charge is 0.362 e. The highest BCUT2D eigenvalue weighted by atomic mass is 32.2. The van der Waals surface area contributed by atoms with E-state index < -0.39 is 51.5 Å². The van der Waals surface area contributed by atoms with E-state index in [2.05, 4.69) is 25.7 Å². The van der Waals surface area contributed by atoms with E-state index in [0.29, 0.717) is 0 Å². The first kappa shape index (κ1) is 24.0. The summed E-state index contributed by atoms with van der Waals surface area (Å²) in [6, 6.07) is -2.68. The fourth-order valence-electron chi connectivity index (χ4n) is 2.65. The molecule has 1 saturated heterocycles. The van der Waals surface area contributed by atoms with E-state index in [9.17, 15) is 32.5 Å². The van der Waals surface area contributed by atoms with Gasteiger partial charge in [0.1, 0.15) is 17.8 Å². The summed E-state index contributed by atoms with van der Waals surface area (Å²) in [5.41, 5.74) is 3.20. The maximum atomic E-state index is 12.9. The molecule has 0 saturated carbocycles. The fraction of sp³-hybridized carbons (Fsp3) is 0.400. The van der Waals surface area contributed by atoms with E-state index in [1.807, 2.05) is 0 Å². The van der Waals surface area contributed by atoms with Gasteiger partial charge in [-0.15, -0.1) is 11.3 Å². The third kappa shape index (κ3) is 5.07. The number of nitrogens with two attached hydrogens (primary N) is 1. The maximum Gasteiger partial charge on any atom is 0.362 e. The van der Waals surface area contributed by atoms with Gasteiger partial charge < -0.3 is 21.0 Å².